The second kappa shape index (κ2) is 5.79. The first kappa shape index (κ1) is 14.6. The Morgan fingerprint density at radius 3 is 2.81 bits per heavy atom. The predicted octanol–water partition coefficient (Wildman–Crippen LogP) is 3.20. The number of phenolic OH excluding ortho intramolecular Hbond substituents is 1. The van der Waals surface area contributed by atoms with Gasteiger partial charge >= 0.3 is 0 Å². The van der Waals surface area contributed by atoms with E-state index >= 15 is 0 Å². The molecule has 1 aromatic carbocycles. The van der Waals surface area contributed by atoms with Crippen molar-refractivity contribution in [3.05, 3.63) is 35.0 Å². The highest BCUT2D eigenvalue weighted by atomic mass is 35.5. The Bertz CT molecular complexity index is 652. The lowest BCUT2D eigenvalue weighted by Crippen LogP contribution is -2.44. The van der Waals surface area contributed by atoms with Crippen LogP contribution in [-0.4, -0.2) is 40.3 Å². The third-order valence-electron chi connectivity index (χ3n) is 3.78. The van der Waals surface area contributed by atoms with Crippen molar-refractivity contribution in [2.45, 2.75) is 32.6 Å². The molecule has 2 aromatic rings. The van der Waals surface area contributed by atoms with Crippen LogP contribution < -0.4 is 0 Å². The molecule has 1 aliphatic rings. The predicted molar refractivity (Wildman–Crippen MR) is 83.7 cm³/mol. The lowest BCUT2D eigenvalue weighted by Gasteiger charge is -2.35. The largest absolute Gasteiger partial charge is 0.505 e. The Kier molecular flexibility index (Phi) is 4.02. The van der Waals surface area contributed by atoms with Gasteiger partial charge in [0, 0.05) is 36.8 Å². The monoisotopic (exact) mass is 306 g/mol. The molecule has 3 rings (SSSR count). The molecule has 1 N–H and O–H groups in total. The number of halogens is 1. The number of aromatic nitrogens is 1. The van der Waals surface area contributed by atoms with Gasteiger partial charge in [0.15, 0.2) is 0 Å². The molecule has 1 fully saturated rings. The molecule has 1 aromatic heterocycles. The summed E-state index contributed by atoms with van der Waals surface area (Å²) in [6.07, 6.45) is 2.07. The van der Waals surface area contributed by atoms with Crippen molar-refractivity contribution in [2.24, 2.45) is 0 Å². The summed E-state index contributed by atoms with van der Waals surface area (Å²) in [7, 11) is 0. The number of nitrogens with zero attached hydrogens (tertiary/aromatic N) is 2. The van der Waals surface area contributed by atoms with E-state index in [1.54, 1.807) is 6.20 Å². The number of fused-ring (bicyclic) bond motifs is 1. The molecule has 0 radical (unpaired) electrons. The summed E-state index contributed by atoms with van der Waals surface area (Å²) in [6, 6.07) is 5.53. The summed E-state index contributed by atoms with van der Waals surface area (Å²) >= 11 is 6.31. The molecule has 0 amide bonds. The summed E-state index contributed by atoms with van der Waals surface area (Å²) in [5, 5.41) is 11.9. The zero-order valence-corrected chi connectivity index (χ0v) is 13.0. The van der Waals surface area contributed by atoms with Gasteiger partial charge in [-0.1, -0.05) is 11.6 Å². The SMILES string of the molecule is C[C@H]1CN(Cc2cc(Cl)c3cccnc3c2O)C[C@H](C)O1. The third-order valence-corrected chi connectivity index (χ3v) is 4.10. The topological polar surface area (TPSA) is 45.6 Å². The molecule has 4 nitrogen and oxygen atoms in total. The number of aromatic hydroxyl groups is 1. The Balaban J connectivity index is 1.92. The molecular formula is C16H19ClN2O2. The number of hydrogen-bond donors (Lipinski definition) is 1. The number of benzene rings is 1. The van der Waals surface area contributed by atoms with Crippen LogP contribution in [0.1, 0.15) is 19.4 Å². The maximum atomic E-state index is 10.5. The van der Waals surface area contributed by atoms with Gasteiger partial charge < -0.3 is 9.84 Å². The number of rotatable bonds is 2. The van der Waals surface area contributed by atoms with E-state index in [1.165, 1.54) is 0 Å². The summed E-state index contributed by atoms with van der Waals surface area (Å²) in [5.74, 6) is 0.224. The van der Waals surface area contributed by atoms with Gasteiger partial charge in [0.05, 0.1) is 17.2 Å². The highest BCUT2D eigenvalue weighted by molar-refractivity contribution is 6.35. The molecule has 5 heteroatoms. The first-order valence-corrected chi connectivity index (χ1v) is 7.55. The summed E-state index contributed by atoms with van der Waals surface area (Å²) < 4.78 is 5.74. The van der Waals surface area contributed by atoms with E-state index in [4.69, 9.17) is 16.3 Å². The Labute approximate surface area is 129 Å². The van der Waals surface area contributed by atoms with Crippen LogP contribution in [0.15, 0.2) is 24.4 Å². The number of hydrogen-bond acceptors (Lipinski definition) is 4. The van der Waals surface area contributed by atoms with Crippen LogP contribution >= 0.6 is 11.6 Å². The maximum absolute atomic E-state index is 10.5. The molecule has 1 saturated heterocycles. The smallest absolute Gasteiger partial charge is 0.146 e. The second-order valence-corrected chi connectivity index (χ2v) is 6.12. The van der Waals surface area contributed by atoms with Crippen LogP contribution in [-0.2, 0) is 11.3 Å². The minimum Gasteiger partial charge on any atom is -0.505 e. The molecule has 21 heavy (non-hydrogen) atoms. The number of ether oxygens (including phenoxy) is 1. The number of morpholine rings is 1. The van der Waals surface area contributed by atoms with Gasteiger partial charge in [-0.25, -0.2) is 0 Å². The van der Waals surface area contributed by atoms with Crippen LogP contribution in [0.25, 0.3) is 10.9 Å². The molecule has 2 heterocycles. The molecule has 1 aliphatic heterocycles. The Morgan fingerprint density at radius 1 is 1.38 bits per heavy atom. The van der Waals surface area contributed by atoms with Crippen LogP contribution in [0.4, 0.5) is 0 Å². The van der Waals surface area contributed by atoms with Gasteiger partial charge in [0.25, 0.3) is 0 Å². The van der Waals surface area contributed by atoms with E-state index in [1.807, 2.05) is 18.2 Å². The van der Waals surface area contributed by atoms with E-state index in [0.29, 0.717) is 17.1 Å². The first-order chi connectivity index (χ1) is 10.0. The van der Waals surface area contributed by atoms with Gasteiger partial charge in [0.2, 0.25) is 0 Å². The van der Waals surface area contributed by atoms with E-state index in [9.17, 15) is 5.11 Å². The molecule has 0 bridgehead atoms. The van der Waals surface area contributed by atoms with E-state index in [0.717, 1.165) is 24.0 Å². The van der Waals surface area contributed by atoms with Gasteiger partial charge in [-0.3, -0.25) is 9.88 Å². The summed E-state index contributed by atoms with van der Waals surface area (Å²) in [4.78, 5) is 6.52. The molecule has 0 aliphatic carbocycles. The van der Waals surface area contributed by atoms with Gasteiger partial charge in [-0.15, -0.1) is 0 Å². The zero-order valence-electron chi connectivity index (χ0n) is 12.2. The Hall–Kier alpha value is -1.36. The van der Waals surface area contributed by atoms with Crippen molar-refractivity contribution in [1.82, 2.24) is 9.88 Å². The van der Waals surface area contributed by atoms with Crippen LogP contribution in [0, 0.1) is 0 Å². The van der Waals surface area contributed by atoms with Crippen molar-refractivity contribution in [3.63, 3.8) is 0 Å². The molecule has 0 spiro atoms. The Morgan fingerprint density at radius 2 is 2.10 bits per heavy atom. The van der Waals surface area contributed by atoms with Gasteiger partial charge in [-0.2, -0.15) is 0 Å². The number of pyridine rings is 1. The van der Waals surface area contributed by atoms with Gasteiger partial charge in [-0.05, 0) is 32.0 Å². The molecular weight excluding hydrogens is 288 g/mol. The fourth-order valence-electron chi connectivity index (χ4n) is 3.01. The summed E-state index contributed by atoms with van der Waals surface area (Å²) in [6.45, 7) is 6.48. The fraction of sp³-hybridized carbons (Fsp3) is 0.438. The first-order valence-electron chi connectivity index (χ1n) is 7.17. The molecule has 0 unspecified atom stereocenters. The third kappa shape index (κ3) is 2.98. The quantitative estimate of drug-likeness (QED) is 0.925. The molecule has 112 valence electrons. The van der Waals surface area contributed by atoms with Crippen molar-refractivity contribution in [2.75, 3.05) is 13.1 Å². The van der Waals surface area contributed by atoms with Crippen molar-refractivity contribution in [1.29, 1.82) is 0 Å². The fourth-order valence-corrected chi connectivity index (χ4v) is 3.30. The average Bonchev–Trinajstić information content (AvgIpc) is 2.43. The van der Waals surface area contributed by atoms with E-state index < -0.39 is 0 Å². The minimum absolute atomic E-state index is 0.199. The van der Waals surface area contributed by atoms with Crippen molar-refractivity contribution in [3.8, 4) is 5.75 Å². The van der Waals surface area contributed by atoms with Gasteiger partial charge in [0.1, 0.15) is 11.3 Å². The van der Waals surface area contributed by atoms with Crippen LogP contribution in [0.5, 0.6) is 5.75 Å². The molecule has 2 atom stereocenters. The lowest BCUT2D eigenvalue weighted by molar-refractivity contribution is -0.0706. The summed E-state index contributed by atoms with van der Waals surface area (Å²) in [5.41, 5.74) is 1.38. The second-order valence-electron chi connectivity index (χ2n) is 5.72. The minimum atomic E-state index is 0.199. The maximum Gasteiger partial charge on any atom is 0.146 e. The molecule has 0 saturated carbocycles. The van der Waals surface area contributed by atoms with Crippen molar-refractivity contribution >= 4 is 22.5 Å². The highest BCUT2D eigenvalue weighted by Crippen LogP contribution is 2.33. The lowest BCUT2D eigenvalue weighted by atomic mass is 10.1. The van der Waals surface area contributed by atoms with E-state index in [-0.39, 0.29) is 18.0 Å². The van der Waals surface area contributed by atoms with E-state index in [2.05, 4.69) is 23.7 Å². The zero-order chi connectivity index (χ0) is 15.0. The highest BCUT2D eigenvalue weighted by Gasteiger charge is 2.23. The number of phenols is 1. The normalized spacial score (nSPS) is 23.6. The standard InChI is InChI=1S/C16H19ClN2O2/c1-10-7-19(8-11(2)21-10)9-12-6-14(17)13-4-3-5-18-15(13)16(12)20/h3-6,10-11,20H,7-9H2,1-2H3/t10-,11-/m0/s1. The average molecular weight is 307 g/mol. The van der Waals surface area contributed by atoms with Crippen molar-refractivity contribution < 1.29 is 9.84 Å². The van der Waals surface area contributed by atoms with Crippen LogP contribution in [0.2, 0.25) is 5.02 Å². The van der Waals surface area contributed by atoms with Crippen LogP contribution in [0.3, 0.4) is 0 Å².